The fourth-order valence-electron chi connectivity index (χ4n) is 4.41. The van der Waals surface area contributed by atoms with E-state index in [4.69, 9.17) is 28.3 Å². The first kappa shape index (κ1) is 23.3. The molecule has 0 radical (unpaired) electrons. The number of pyridine rings is 1. The van der Waals surface area contributed by atoms with Crippen molar-refractivity contribution in [2.75, 3.05) is 0 Å². The van der Waals surface area contributed by atoms with Gasteiger partial charge in [-0.1, -0.05) is 41.4 Å². The van der Waals surface area contributed by atoms with Crippen molar-refractivity contribution >= 4 is 40.8 Å². The second kappa shape index (κ2) is 10.1. The van der Waals surface area contributed by atoms with E-state index in [0.717, 1.165) is 53.0 Å². The van der Waals surface area contributed by atoms with E-state index in [-0.39, 0.29) is 11.9 Å². The standard InChI is InChI=1S/C28H24Cl2N4O/c1-18(25-7-2-3-16-31-25)32-28(35)26-24-6-4-5-20(17-19-8-10-21(29)11-9-19)27(24)34(33-26)23-14-12-22(30)13-15-23/h2-3,7-18H,4-6H2,1H3,(H,32,35)/b20-17+/t18-/m1/s1. The smallest absolute Gasteiger partial charge is 0.272 e. The van der Waals surface area contributed by atoms with Gasteiger partial charge in [-0.3, -0.25) is 9.78 Å². The molecular weight excluding hydrogens is 479 g/mol. The molecule has 0 aliphatic heterocycles. The molecule has 1 N–H and O–H groups in total. The predicted molar refractivity (Wildman–Crippen MR) is 141 cm³/mol. The fourth-order valence-corrected chi connectivity index (χ4v) is 4.67. The molecule has 1 aliphatic carbocycles. The van der Waals surface area contributed by atoms with E-state index in [9.17, 15) is 4.79 Å². The lowest BCUT2D eigenvalue weighted by atomic mass is 9.89. The van der Waals surface area contributed by atoms with Gasteiger partial charge in [0.1, 0.15) is 0 Å². The minimum Gasteiger partial charge on any atom is -0.343 e. The molecule has 1 amide bonds. The number of carbonyl (C=O) groups is 1. The van der Waals surface area contributed by atoms with Crippen LogP contribution >= 0.6 is 23.2 Å². The Morgan fingerprint density at radius 3 is 2.40 bits per heavy atom. The molecule has 0 spiro atoms. The van der Waals surface area contributed by atoms with Crippen LogP contribution in [0.2, 0.25) is 10.0 Å². The van der Waals surface area contributed by atoms with Crippen LogP contribution in [-0.4, -0.2) is 20.7 Å². The molecular formula is C28H24Cl2N4O. The highest BCUT2D eigenvalue weighted by Gasteiger charge is 2.29. The summed E-state index contributed by atoms with van der Waals surface area (Å²) >= 11 is 12.2. The molecule has 2 aromatic heterocycles. The van der Waals surface area contributed by atoms with E-state index in [1.165, 1.54) is 0 Å². The van der Waals surface area contributed by atoms with Crippen molar-refractivity contribution < 1.29 is 4.79 Å². The van der Waals surface area contributed by atoms with Gasteiger partial charge in [0.05, 0.1) is 23.1 Å². The van der Waals surface area contributed by atoms with Gasteiger partial charge in [0.25, 0.3) is 5.91 Å². The molecule has 4 aromatic rings. The first-order valence-corrected chi connectivity index (χ1v) is 12.3. The lowest BCUT2D eigenvalue weighted by Gasteiger charge is -2.19. The van der Waals surface area contributed by atoms with Crippen LogP contribution in [0.15, 0.2) is 72.9 Å². The van der Waals surface area contributed by atoms with E-state index >= 15 is 0 Å². The molecule has 2 heterocycles. The van der Waals surface area contributed by atoms with Gasteiger partial charge in [-0.2, -0.15) is 5.10 Å². The maximum Gasteiger partial charge on any atom is 0.272 e. The van der Waals surface area contributed by atoms with Crippen LogP contribution in [0.25, 0.3) is 17.3 Å². The Hall–Kier alpha value is -3.41. The van der Waals surface area contributed by atoms with Gasteiger partial charge < -0.3 is 5.32 Å². The van der Waals surface area contributed by atoms with Crippen LogP contribution in [0.1, 0.15) is 58.8 Å². The molecule has 5 rings (SSSR count). The van der Waals surface area contributed by atoms with Crippen molar-refractivity contribution in [3.05, 3.63) is 111 Å². The predicted octanol–water partition coefficient (Wildman–Crippen LogP) is 6.94. The minimum absolute atomic E-state index is 0.208. The number of fused-ring (bicyclic) bond motifs is 1. The van der Waals surface area contributed by atoms with Crippen LogP contribution in [0.3, 0.4) is 0 Å². The summed E-state index contributed by atoms with van der Waals surface area (Å²) in [6, 6.07) is 20.7. The first-order valence-electron chi connectivity index (χ1n) is 11.6. The number of rotatable bonds is 5. The topological polar surface area (TPSA) is 59.8 Å². The number of nitrogens with zero attached hydrogens (tertiary/aromatic N) is 3. The maximum atomic E-state index is 13.4. The van der Waals surface area contributed by atoms with E-state index < -0.39 is 0 Å². The maximum absolute atomic E-state index is 13.4. The Balaban J connectivity index is 1.58. The average molecular weight is 503 g/mol. The second-order valence-electron chi connectivity index (χ2n) is 8.59. The molecule has 35 heavy (non-hydrogen) atoms. The normalized spacial score (nSPS) is 15.0. The van der Waals surface area contributed by atoms with E-state index in [2.05, 4.69) is 16.4 Å². The number of hydrogen-bond acceptors (Lipinski definition) is 3. The molecule has 2 aromatic carbocycles. The molecule has 1 aliphatic rings. The Morgan fingerprint density at radius 2 is 1.71 bits per heavy atom. The van der Waals surface area contributed by atoms with Crippen LogP contribution in [0.5, 0.6) is 0 Å². The number of hydrogen-bond donors (Lipinski definition) is 1. The van der Waals surface area contributed by atoms with Crippen LogP contribution in [0.4, 0.5) is 0 Å². The van der Waals surface area contributed by atoms with Crippen LogP contribution in [0, 0.1) is 0 Å². The minimum atomic E-state index is -0.243. The summed E-state index contributed by atoms with van der Waals surface area (Å²) in [7, 11) is 0. The van der Waals surface area contributed by atoms with E-state index in [1.54, 1.807) is 6.20 Å². The summed E-state index contributed by atoms with van der Waals surface area (Å²) in [5, 5.41) is 9.24. The zero-order valence-corrected chi connectivity index (χ0v) is 20.7. The van der Waals surface area contributed by atoms with E-state index in [0.29, 0.717) is 15.7 Å². The highest BCUT2D eigenvalue weighted by molar-refractivity contribution is 6.30. The van der Waals surface area contributed by atoms with Gasteiger partial charge >= 0.3 is 0 Å². The number of aromatic nitrogens is 3. The highest BCUT2D eigenvalue weighted by Crippen LogP contribution is 2.36. The number of nitrogens with one attached hydrogen (secondary N) is 1. The van der Waals surface area contributed by atoms with Gasteiger partial charge in [0, 0.05) is 21.8 Å². The quantitative estimate of drug-likeness (QED) is 0.321. The average Bonchev–Trinajstić information content (AvgIpc) is 3.27. The Labute approximate surface area is 214 Å². The van der Waals surface area contributed by atoms with Gasteiger partial charge in [-0.05, 0) is 91.9 Å². The van der Waals surface area contributed by atoms with Crippen molar-refractivity contribution in [2.24, 2.45) is 0 Å². The summed E-state index contributed by atoms with van der Waals surface area (Å²) in [6.07, 6.45) is 6.49. The van der Waals surface area contributed by atoms with Crippen LogP contribution in [-0.2, 0) is 6.42 Å². The summed E-state index contributed by atoms with van der Waals surface area (Å²) in [6.45, 7) is 1.93. The van der Waals surface area contributed by atoms with Crippen molar-refractivity contribution in [3.63, 3.8) is 0 Å². The molecule has 176 valence electrons. The summed E-state index contributed by atoms with van der Waals surface area (Å²) in [5.74, 6) is -0.208. The molecule has 0 saturated heterocycles. The first-order chi connectivity index (χ1) is 17.0. The van der Waals surface area contributed by atoms with Gasteiger partial charge in [-0.25, -0.2) is 4.68 Å². The highest BCUT2D eigenvalue weighted by atomic mass is 35.5. The second-order valence-corrected chi connectivity index (χ2v) is 9.46. The van der Waals surface area contributed by atoms with Crippen molar-refractivity contribution in [1.82, 2.24) is 20.1 Å². The lowest BCUT2D eigenvalue weighted by molar-refractivity contribution is 0.0932. The van der Waals surface area contributed by atoms with Crippen molar-refractivity contribution in [2.45, 2.75) is 32.2 Å². The number of halogens is 2. The zero-order chi connectivity index (χ0) is 24.4. The Bertz CT molecular complexity index is 1380. The third kappa shape index (κ3) is 5.02. The largest absolute Gasteiger partial charge is 0.343 e. The number of amides is 1. The number of carbonyl (C=O) groups excluding carboxylic acids is 1. The molecule has 0 bridgehead atoms. The molecule has 0 fully saturated rings. The molecule has 1 atom stereocenters. The fraction of sp³-hybridized carbons (Fsp3) is 0.179. The SMILES string of the molecule is C[C@@H](NC(=O)c1nn(-c2ccc(Cl)cc2)c2c1CCC/C2=C\c1ccc(Cl)cc1)c1ccccn1. The van der Waals surface area contributed by atoms with Gasteiger partial charge in [0.2, 0.25) is 0 Å². The molecule has 0 unspecified atom stereocenters. The zero-order valence-electron chi connectivity index (χ0n) is 19.2. The number of allylic oxidation sites excluding steroid dienone is 1. The lowest BCUT2D eigenvalue weighted by Crippen LogP contribution is -2.28. The summed E-state index contributed by atoms with van der Waals surface area (Å²) in [5.41, 5.74) is 6.20. The number of benzene rings is 2. The summed E-state index contributed by atoms with van der Waals surface area (Å²) in [4.78, 5) is 17.8. The Morgan fingerprint density at radius 1 is 1.00 bits per heavy atom. The van der Waals surface area contributed by atoms with Crippen LogP contribution < -0.4 is 5.32 Å². The molecule has 7 heteroatoms. The van der Waals surface area contributed by atoms with Crippen molar-refractivity contribution in [3.8, 4) is 5.69 Å². The molecule has 5 nitrogen and oxygen atoms in total. The monoisotopic (exact) mass is 502 g/mol. The van der Waals surface area contributed by atoms with E-state index in [1.807, 2.05) is 78.3 Å². The third-order valence-corrected chi connectivity index (χ3v) is 6.64. The van der Waals surface area contributed by atoms with Gasteiger partial charge in [-0.15, -0.1) is 0 Å². The molecule has 0 saturated carbocycles. The summed E-state index contributed by atoms with van der Waals surface area (Å²) < 4.78 is 1.87. The van der Waals surface area contributed by atoms with Crippen molar-refractivity contribution in [1.29, 1.82) is 0 Å². The Kier molecular flexibility index (Phi) is 6.71. The van der Waals surface area contributed by atoms with Gasteiger partial charge in [0.15, 0.2) is 5.69 Å². The third-order valence-electron chi connectivity index (χ3n) is 6.14.